The fraction of sp³-hybridized carbons (Fsp3) is 0.600. The highest BCUT2D eigenvalue weighted by Gasteiger charge is 2.20. The second-order valence-corrected chi connectivity index (χ2v) is 5.77. The van der Waals surface area contributed by atoms with Crippen LogP contribution in [0.4, 0.5) is 0 Å². The summed E-state index contributed by atoms with van der Waals surface area (Å²) in [5.74, 6) is 1.05. The van der Waals surface area contributed by atoms with Crippen LogP contribution in [-0.2, 0) is 9.53 Å². The van der Waals surface area contributed by atoms with Gasteiger partial charge in [-0.3, -0.25) is 4.79 Å². The molecule has 5 heteroatoms. The third kappa shape index (κ3) is 2.86. The maximum atomic E-state index is 11.6. The van der Waals surface area contributed by atoms with E-state index in [1.807, 2.05) is 12.5 Å². The largest absolute Gasteiger partial charge is 0.486 e. The fourth-order valence-corrected chi connectivity index (χ4v) is 2.89. The zero-order valence-corrected chi connectivity index (χ0v) is 11.8. The van der Waals surface area contributed by atoms with Crippen LogP contribution in [0.2, 0.25) is 0 Å². The van der Waals surface area contributed by atoms with Gasteiger partial charge in [-0.2, -0.15) is 0 Å². The molecule has 1 aliphatic carbocycles. The summed E-state index contributed by atoms with van der Waals surface area (Å²) in [5.41, 5.74) is 0.788. The first kappa shape index (κ1) is 13.2. The van der Waals surface area contributed by atoms with Crippen molar-refractivity contribution in [3.63, 3.8) is 0 Å². The minimum Gasteiger partial charge on any atom is -0.486 e. The maximum absolute atomic E-state index is 11.6. The van der Waals surface area contributed by atoms with Crippen LogP contribution >= 0.6 is 0 Å². The van der Waals surface area contributed by atoms with Crippen molar-refractivity contribution >= 4 is 12.0 Å². The van der Waals surface area contributed by atoms with E-state index in [1.165, 1.54) is 25.7 Å². The third-order valence-corrected chi connectivity index (χ3v) is 4.18. The lowest BCUT2D eigenvalue weighted by molar-refractivity contribution is -0.123. The maximum Gasteiger partial charge on any atom is 0.286 e. The molecule has 0 atom stereocenters. The van der Waals surface area contributed by atoms with Gasteiger partial charge in [0.15, 0.2) is 5.76 Å². The van der Waals surface area contributed by atoms with Crippen LogP contribution in [-0.4, -0.2) is 28.6 Å². The van der Waals surface area contributed by atoms with E-state index in [4.69, 9.17) is 4.74 Å². The summed E-state index contributed by atoms with van der Waals surface area (Å²) in [6.45, 7) is 3.42. The second-order valence-electron chi connectivity index (χ2n) is 5.77. The number of nitrogens with zero attached hydrogens (tertiary/aromatic N) is 2. The van der Waals surface area contributed by atoms with Gasteiger partial charge >= 0.3 is 0 Å². The number of hydrogen-bond donors (Lipinski definition) is 1. The van der Waals surface area contributed by atoms with Gasteiger partial charge < -0.3 is 14.6 Å². The quantitative estimate of drug-likeness (QED) is 0.841. The Morgan fingerprint density at radius 2 is 2.20 bits per heavy atom. The molecule has 5 nitrogen and oxygen atoms in total. The number of rotatable bonds is 2. The summed E-state index contributed by atoms with van der Waals surface area (Å²) in [5, 5.41) is 2.76. The monoisotopic (exact) mass is 275 g/mol. The standard InChI is InChI=1S/C15H21N3O2/c1-11-2-4-13(5-3-11)18-9-12(17-10-18)8-14-15(19)16-6-7-20-14/h8-11,13H,2-7H2,1H3,(H,16,19)/b14-8-. The molecular weight excluding hydrogens is 254 g/mol. The molecule has 1 saturated heterocycles. The summed E-state index contributed by atoms with van der Waals surface area (Å²) in [6, 6.07) is 0.548. The van der Waals surface area contributed by atoms with E-state index in [9.17, 15) is 4.79 Å². The van der Waals surface area contributed by atoms with E-state index in [-0.39, 0.29) is 5.91 Å². The lowest BCUT2D eigenvalue weighted by Crippen LogP contribution is -2.34. The van der Waals surface area contributed by atoms with Crippen molar-refractivity contribution in [1.82, 2.24) is 14.9 Å². The number of aromatic nitrogens is 2. The van der Waals surface area contributed by atoms with Crippen molar-refractivity contribution in [2.24, 2.45) is 5.92 Å². The number of carbonyl (C=O) groups is 1. The topological polar surface area (TPSA) is 56.1 Å². The summed E-state index contributed by atoms with van der Waals surface area (Å²) in [7, 11) is 0. The van der Waals surface area contributed by atoms with Crippen LogP contribution in [0, 0.1) is 5.92 Å². The number of nitrogens with one attached hydrogen (secondary N) is 1. The summed E-state index contributed by atoms with van der Waals surface area (Å²) in [6.07, 6.45) is 10.6. The first-order chi connectivity index (χ1) is 9.72. The Labute approximate surface area is 119 Å². The van der Waals surface area contributed by atoms with Gasteiger partial charge in [-0.1, -0.05) is 6.92 Å². The molecule has 1 amide bonds. The molecular formula is C15H21N3O2. The highest BCUT2D eigenvalue weighted by Crippen LogP contribution is 2.31. The molecule has 20 heavy (non-hydrogen) atoms. The molecule has 2 heterocycles. The smallest absolute Gasteiger partial charge is 0.286 e. The fourth-order valence-electron chi connectivity index (χ4n) is 2.89. The Bertz CT molecular complexity index is 513. The van der Waals surface area contributed by atoms with Crippen molar-refractivity contribution in [3.8, 4) is 0 Å². The highest BCUT2D eigenvalue weighted by atomic mass is 16.5. The van der Waals surface area contributed by atoms with Gasteiger partial charge in [-0.15, -0.1) is 0 Å². The molecule has 2 fully saturated rings. The molecule has 1 saturated carbocycles. The average Bonchev–Trinajstić information content (AvgIpc) is 2.91. The Morgan fingerprint density at radius 3 is 2.95 bits per heavy atom. The van der Waals surface area contributed by atoms with Crippen molar-refractivity contribution in [1.29, 1.82) is 0 Å². The van der Waals surface area contributed by atoms with Gasteiger partial charge in [0.05, 0.1) is 18.6 Å². The molecule has 0 aromatic carbocycles. The van der Waals surface area contributed by atoms with Crippen LogP contribution < -0.4 is 5.32 Å². The summed E-state index contributed by atoms with van der Waals surface area (Å²) in [4.78, 5) is 16.0. The molecule has 1 aromatic heterocycles. The molecule has 1 N–H and O–H groups in total. The van der Waals surface area contributed by atoms with Gasteiger partial charge in [0.25, 0.3) is 5.91 Å². The molecule has 0 bridgehead atoms. The normalized spacial score (nSPS) is 29.1. The minimum atomic E-state index is -0.155. The SMILES string of the molecule is CC1CCC(n2cnc(/C=C3\OCCNC3=O)c2)CC1. The van der Waals surface area contributed by atoms with E-state index in [0.29, 0.717) is 25.0 Å². The van der Waals surface area contributed by atoms with E-state index < -0.39 is 0 Å². The van der Waals surface area contributed by atoms with E-state index >= 15 is 0 Å². The molecule has 1 aliphatic heterocycles. The predicted octanol–water partition coefficient (Wildman–Crippen LogP) is 2.12. The third-order valence-electron chi connectivity index (χ3n) is 4.18. The number of carbonyl (C=O) groups excluding carboxylic acids is 1. The van der Waals surface area contributed by atoms with E-state index in [1.54, 1.807) is 6.08 Å². The second kappa shape index (κ2) is 5.69. The van der Waals surface area contributed by atoms with Crippen molar-refractivity contribution in [2.45, 2.75) is 38.6 Å². The zero-order chi connectivity index (χ0) is 13.9. The molecule has 2 aliphatic rings. The Hall–Kier alpha value is -1.78. The van der Waals surface area contributed by atoms with Crippen LogP contribution in [0.15, 0.2) is 18.3 Å². The van der Waals surface area contributed by atoms with Gasteiger partial charge in [0.2, 0.25) is 0 Å². The first-order valence-corrected chi connectivity index (χ1v) is 7.38. The summed E-state index contributed by atoms with van der Waals surface area (Å²) < 4.78 is 7.54. The van der Waals surface area contributed by atoms with Crippen LogP contribution in [0.5, 0.6) is 0 Å². The first-order valence-electron chi connectivity index (χ1n) is 7.38. The molecule has 3 rings (SSSR count). The number of ether oxygens (including phenoxy) is 1. The van der Waals surface area contributed by atoms with Crippen molar-refractivity contribution in [2.75, 3.05) is 13.2 Å². The molecule has 1 aromatic rings. The zero-order valence-electron chi connectivity index (χ0n) is 11.8. The van der Waals surface area contributed by atoms with Crippen LogP contribution in [0.3, 0.4) is 0 Å². The van der Waals surface area contributed by atoms with Crippen LogP contribution in [0.1, 0.15) is 44.3 Å². The predicted molar refractivity (Wildman–Crippen MR) is 75.8 cm³/mol. The Morgan fingerprint density at radius 1 is 1.40 bits per heavy atom. The molecule has 108 valence electrons. The van der Waals surface area contributed by atoms with Gasteiger partial charge in [-0.25, -0.2) is 4.98 Å². The minimum absolute atomic E-state index is 0.155. The van der Waals surface area contributed by atoms with E-state index in [2.05, 4.69) is 21.8 Å². The average molecular weight is 275 g/mol. The Kier molecular flexibility index (Phi) is 3.76. The number of imidazole rings is 1. The van der Waals surface area contributed by atoms with Gasteiger partial charge in [0, 0.05) is 18.3 Å². The lowest BCUT2D eigenvalue weighted by atomic mass is 9.87. The summed E-state index contributed by atoms with van der Waals surface area (Å²) >= 11 is 0. The van der Waals surface area contributed by atoms with Crippen molar-refractivity contribution < 1.29 is 9.53 Å². The number of amides is 1. The lowest BCUT2D eigenvalue weighted by Gasteiger charge is -2.26. The highest BCUT2D eigenvalue weighted by molar-refractivity contribution is 5.96. The van der Waals surface area contributed by atoms with Crippen LogP contribution in [0.25, 0.3) is 6.08 Å². The van der Waals surface area contributed by atoms with Gasteiger partial charge in [-0.05, 0) is 31.6 Å². The molecule has 0 spiro atoms. The Balaban J connectivity index is 1.70. The van der Waals surface area contributed by atoms with Gasteiger partial charge in [0.1, 0.15) is 6.61 Å². The molecule has 0 unspecified atom stereocenters. The number of hydrogen-bond acceptors (Lipinski definition) is 3. The van der Waals surface area contributed by atoms with Crippen molar-refractivity contribution in [3.05, 3.63) is 24.0 Å². The molecule has 0 radical (unpaired) electrons. The van der Waals surface area contributed by atoms with E-state index in [0.717, 1.165) is 11.6 Å². The number of morpholine rings is 1.